The average molecular weight is 281 g/mol. The van der Waals surface area contributed by atoms with Crippen molar-refractivity contribution in [2.24, 2.45) is 5.73 Å². The second kappa shape index (κ2) is 5.70. The molecule has 1 unspecified atom stereocenters. The maximum atomic E-state index is 11.6. The van der Waals surface area contributed by atoms with Crippen molar-refractivity contribution in [2.45, 2.75) is 25.8 Å². The Morgan fingerprint density at radius 3 is 2.76 bits per heavy atom. The van der Waals surface area contributed by atoms with Crippen LogP contribution in [0.15, 0.2) is 42.5 Å². The number of hydrogen-bond acceptors (Lipinski definition) is 3. The zero-order valence-electron chi connectivity index (χ0n) is 12.1. The molecule has 2 aromatic rings. The van der Waals surface area contributed by atoms with Crippen LogP contribution in [0.2, 0.25) is 0 Å². The van der Waals surface area contributed by atoms with E-state index >= 15 is 0 Å². The predicted molar refractivity (Wildman–Crippen MR) is 83.0 cm³/mol. The fourth-order valence-electron chi connectivity index (χ4n) is 2.91. The number of benzene rings is 2. The Balaban J connectivity index is 1.79. The van der Waals surface area contributed by atoms with Gasteiger partial charge in [-0.1, -0.05) is 42.5 Å². The topological polar surface area (TPSA) is 52.3 Å². The number of ether oxygens (including phenoxy) is 1. The first-order valence-electron chi connectivity index (χ1n) is 7.31. The van der Waals surface area contributed by atoms with Gasteiger partial charge in [-0.15, -0.1) is 0 Å². The molecular formula is C18H19NO2. The molecule has 0 saturated carbocycles. The summed E-state index contributed by atoms with van der Waals surface area (Å²) in [5.41, 5.74) is 12.3. The lowest BCUT2D eigenvalue weighted by Gasteiger charge is -2.11. The summed E-state index contributed by atoms with van der Waals surface area (Å²) in [4.78, 5) is 11.6. The molecule has 3 rings (SSSR count). The van der Waals surface area contributed by atoms with Crippen LogP contribution >= 0.6 is 0 Å². The summed E-state index contributed by atoms with van der Waals surface area (Å²) < 4.78 is 4.96. The van der Waals surface area contributed by atoms with E-state index in [-0.39, 0.29) is 5.97 Å². The smallest absolute Gasteiger partial charge is 0.323 e. The van der Waals surface area contributed by atoms with Gasteiger partial charge < -0.3 is 10.5 Å². The van der Waals surface area contributed by atoms with Gasteiger partial charge in [0.1, 0.15) is 6.04 Å². The van der Waals surface area contributed by atoms with Crippen molar-refractivity contribution in [3.63, 3.8) is 0 Å². The summed E-state index contributed by atoms with van der Waals surface area (Å²) >= 11 is 0. The molecule has 21 heavy (non-hydrogen) atoms. The van der Waals surface area contributed by atoms with Gasteiger partial charge in [0.05, 0.1) is 6.61 Å². The van der Waals surface area contributed by atoms with Gasteiger partial charge in [0.25, 0.3) is 0 Å². The van der Waals surface area contributed by atoms with Gasteiger partial charge in [-0.25, -0.2) is 0 Å². The number of carbonyl (C=O) groups is 1. The van der Waals surface area contributed by atoms with Gasteiger partial charge in [0.15, 0.2) is 0 Å². The van der Waals surface area contributed by atoms with Crippen LogP contribution in [-0.2, 0) is 22.4 Å². The molecule has 0 heterocycles. The SMILES string of the molecule is CCOC(=O)C(N)Cc1ccc2c(c1)Cc1ccccc1-2. The second-order valence-electron chi connectivity index (χ2n) is 5.39. The molecular weight excluding hydrogens is 262 g/mol. The van der Waals surface area contributed by atoms with Crippen molar-refractivity contribution in [1.29, 1.82) is 0 Å². The predicted octanol–water partition coefficient (Wildman–Crippen LogP) is 2.69. The first kappa shape index (κ1) is 13.8. The van der Waals surface area contributed by atoms with Crippen molar-refractivity contribution >= 4 is 5.97 Å². The van der Waals surface area contributed by atoms with Crippen molar-refractivity contribution in [3.05, 3.63) is 59.2 Å². The van der Waals surface area contributed by atoms with Gasteiger partial charge in [-0.3, -0.25) is 4.79 Å². The lowest BCUT2D eigenvalue weighted by Crippen LogP contribution is -2.34. The molecule has 108 valence electrons. The summed E-state index contributed by atoms with van der Waals surface area (Å²) in [7, 11) is 0. The Bertz CT molecular complexity index is 679. The van der Waals surface area contributed by atoms with Crippen LogP contribution in [0.3, 0.4) is 0 Å². The number of rotatable bonds is 4. The highest BCUT2D eigenvalue weighted by Gasteiger charge is 2.20. The monoisotopic (exact) mass is 281 g/mol. The molecule has 0 amide bonds. The highest BCUT2D eigenvalue weighted by Crippen LogP contribution is 2.36. The van der Waals surface area contributed by atoms with E-state index in [1.54, 1.807) is 6.92 Å². The van der Waals surface area contributed by atoms with E-state index in [2.05, 4.69) is 42.5 Å². The number of carbonyl (C=O) groups excluding carboxylic acids is 1. The lowest BCUT2D eigenvalue weighted by atomic mass is 10.00. The van der Waals surface area contributed by atoms with E-state index in [4.69, 9.17) is 10.5 Å². The van der Waals surface area contributed by atoms with E-state index in [1.165, 1.54) is 22.3 Å². The lowest BCUT2D eigenvalue weighted by molar-refractivity contribution is -0.144. The van der Waals surface area contributed by atoms with E-state index < -0.39 is 6.04 Å². The summed E-state index contributed by atoms with van der Waals surface area (Å²) in [5, 5.41) is 0. The van der Waals surface area contributed by atoms with E-state index in [1.807, 2.05) is 0 Å². The number of hydrogen-bond donors (Lipinski definition) is 1. The molecule has 0 fully saturated rings. The molecule has 0 bridgehead atoms. The Labute approximate surface area is 124 Å². The molecule has 0 aliphatic heterocycles. The van der Waals surface area contributed by atoms with Gasteiger partial charge >= 0.3 is 5.97 Å². The largest absolute Gasteiger partial charge is 0.465 e. The summed E-state index contributed by atoms with van der Waals surface area (Å²) in [6.07, 6.45) is 1.47. The Morgan fingerprint density at radius 1 is 1.19 bits per heavy atom. The molecule has 3 heteroatoms. The third kappa shape index (κ3) is 2.69. The van der Waals surface area contributed by atoms with Crippen LogP contribution in [0.4, 0.5) is 0 Å². The van der Waals surface area contributed by atoms with Gasteiger partial charge in [0.2, 0.25) is 0 Å². The number of nitrogens with two attached hydrogens (primary N) is 1. The molecule has 0 spiro atoms. The molecule has 0 aromatic heterocycles. The highest BCUT2D eigenvalue weighted by atomic mass is 16.5. The zero-order valence-corrected chi connectivity index (χ0v) is 12.1. The van der Waals surface area contributed by atoms with Crippen LogP contribution in [0, 0.1) is 0 Å². The summed E-state index contributed by atoms with van der Waals surface area (Å²) in [5.74, 6) is -0.332. The standard InChI is InChI=1S/C18H19NO2/c1-2-21-18(20)17(19)10-12-7-8-16-14(9-12)11-13-5-3-4-6-15(13)16/h3-9,17H,2,10-11,19H2,1H3. The number of fused-ring (bicyclic) bond motifs is 3. The third-order valence-electron chi connectivity index (χ3n) is 3.90. The van der Waals surface area contributed by atoms with Crippen LogP contribution in [0.1, 0.15) is 23.6 Å². The molecule has 0 saturated heterocycles. The Hall–Kier alpha value is -2.13. The molecule has 1 aliphatic rings. The maximum Gasteiger partial charge on any atom is 0.323 e. The minimum absolute atomic E-state index is 0.332. The second-order valence-corrected chi connectivity index (χ2v) is 5.39. The van der Waals surface area contributed by atoms with Crippen LogP contribution in [0.25, 0.3) is 11.1 Å². The average Bonchev–Trinajstić information content (AvgIpc) is 2.85. The molecule has 0 radical (unpaired) electrons. The summed E-state index contributed by atoms with van der Waals surface area (Å²) in [6.45, 7) is 2.16. The minimum atomic E-state index is -0.591. The van der Waals surface area contributed by atoms with Gasteiger partial charge in [0, 0.05) is 0 Å². The van der Waals surface area contributed by atoms with Crippen LogP contribution in [-0.4, -0.2) is 18.6 Å². The van der Waals surface area contributed by atoms with Crippen molar-refractivity contribution in [1.82, 2.24) is 0 Å². The Kier molecular flexibility index (Phi) is 3.76. The molecule has 3 nitrogen and oxygen atoms in total. The molecule has 2 N–H and O–H groups in total. The zero-order chi connectivity index (χ0) is 14.8. The van der Waals surface area contributed by atoms with E-state index in [0.717, 1.165) is 12.0 Å². The first-order valence-corrected chi connectivity index (χ1v) is 7.31. The first-order chi connectivity index (χ1) is 10.2. The van der Waals surface area contributed by atoms with Crippen LogP contribution in [0.5, 0.6) is 0 Å². The van der Waals surface area contributed by atoms with Crippen LogP contribution < -0.4 is 5.73 Å². The fourth-order valence-corrected chi connectivity index (χ4v) is 2.91. The summed E-state index contributed by atoms with van der Waals surface area (Å²) in [6, 6.07) is 14.2. The maximum absolute atomic E-state index is 11.6. The van der Waals surface area contributed by atoms with Crippen molar-refractivity contribution in [2.75, 3.05) is 6.61 Å². The highest BCUT2D eigenvalue weighted by molar-refractivity contribution is 5.78. The molecule has 2 aromatic carbocycles. The van der Waals surface area contributed by atoms with E-state index in [0.29, 0.717) is 13.0 Å². The fraction of sp³-hybridized carbons (Fsp3) is 0.278. The van der Waals surface area contributed by atoms with Gasteiger partial charge in [-0.05, 0) is 47.6 Å². The normalized spacial score (nSPS) is 13.4. The van der Waals surface area contributed by atoms with Gasteiger partial charge in [-0.2, -0.15) is 0 Å². The molecule has 1 atom stereocenters. The quantitative estimate of drug-likeness (QED) is 0.748. The number of esters is 1. The minimum Gasteiger partial charge on any atom is -0.465 e. The molecule has 1 aliphatic carbocycles. The van der Waals surface area contributed by atoms with E-state index in [9.17, 15) is 4.79 Å². The Morgan fingerprint density at radius 2 is 1.95 bits per heavy atom. The van der Waals surface area contributed by atoms with Crippen molar-refractivity contribution in [3.8, 4) is 11.1 Å². The van der Waals surface area contributed by atoms with Crippen molar-refractivity contribution < 1.29 is 9.53 Å². The third-order valence-corrected chi connectivity index (χ3v) is 3.90.